The van der Waals surface area contributed by atoms with Gasteiger partial charge >= 0.3 is 0 Å². The number of hydrogen-bond donors (Lipinski definition) is 0. The van der Waals surface area contributed by atoms with Gasteiger partial charge in [0, 0.05) is 59.8 Å². The third kappa shape index (κ3) is 6.41. The SMILES string of the molecule is CC.c1cc(-c2cccc(-c3cccc4c5ccccc5n(-c5nc(-c6ccc7c(c6)oc6ccccc67)nc(-n6c7ccccc7c7ccccc76)n5)c34)c2)cc(-c2cccc3c2oc2ccccc23)c1. The fourth-order valence-electron chi connectivity index (χ4n) is 10.9. The minimum Gasteiger partial charge on any atom is -0.456 e. The normalized spacial score (nSPS) is 11.8. The van der Waals surface area contributed by atoms with Crippen molar-refractivity contribution in [3.8, 4) is 56.7 Å². The van der Waals surface area contributed by atoms with Crippen LogP contribution < -0.4 is 0 Å². The van der Waals surface area contributed by atoms with Crippen LogP contribution in [0.5, 0.6) is 0 Å². The van der Waals surface area contributed by atoms with E-state index in [0.717, 1.165) is 126 Å². The predicted molar refractivity (Wildman–Crippen MR) is 296 cm³/mol. The van der Waals surface area contributed by atoms with Gasteiger partial charge in [-0.15, -0.1) is 0 Å². The molecule has 5 heterocycles. The lowest BCUT2D eigenvalue weighted by Gasteiger charge is -2.14. The van der Waals surface area contributed by atoms with E-state index in [4.69, 9.17) is 23.8 Å². The van der Waals surface area contributed by atoms with E-state index in [1.54, 1.807) is 0 Å². The molecule has 0 amide bonds. The van der Waals surface area contributed by atoms with Gasteiger partial charge in [-0.1, -0.05) is 184 Å². The van der Waals surface area contributed by atoms with Crippen molar-refractivity contribution in [3.63, 3.8) is 0 Å². The molecule has 72 heavy (non-hydrogen) atoms. The zero-order chi connectivity index (χ0) is 47.9. The number of rotatable bonds is 6. The second kappa shape index (κ2) is 16.5. The van der Waals surface area contributed by atoms with Crippen LogP contribution in [0.4, 0.5) is 0 Å². The molecule has 15 rings (SSSR count). The maximum absolute atomic E-state index is 6.48. The highest BCUT2D eigenvalue weighted by atomic mass is 16.3. The quantitative estimate of drug-likeness (QED) is 0.166. The number of fused-ring (bicyclic) bond motifs is 12. The highest BCUT2D eigenvalue weighted by Crippen LogP contribution is 2.42. The molecule has 0 fully saturated rings. The molecule has 0 aliphatic rings. The van der Waals surface area contributed by atoms with Crippen LogP contribution in [0.25, 0.3) is 144 Å². The highest BCUT2D eigenvalue weighted by molar-refractivity contribution is 6.14. The molecule has 7 heteroatoms. The van der Waals surface area contributed by atoms with Crippen LogP contribution in [0.1, 0.15) is 13.8 Å². The largest absolute Gasteiger partial charge is 0.456 e. The maximum atomic E-state index is 6.48. The van der Waals surface area contributed by atoms with E-state index in [-0.39, 0.29) is 0 Å². The minimum atomic E-state index is 0.508. The van der Waals surface area contributed by atoms with Crippen LogP contribution in [-0.2, 0) is 0 Å². The van der Waals surface area contributed by atoms with Crippen molar-refractivity contribution in [2.45, 2.75) is 13.8 Å². The van der Waals surface area contributed by atoms with Gasteiger partial charge in [0.1, 0.15) is 22.3 Å². The Bertz CT molecular complexity index is 4570. The van der Waals surface area contributed by atoms with Gasteiger partial charge < -0.3 is 8.83 Å². The third-order valence-electron chi connectivity index (χ3n) is 14.0. The summed E-state index contributed by atoms with van der Waals surface area (Å²) in [6.45, 7) is 4.00. The summed E-state index contributed by atoms with van der Waals surface area (Å²) in [7, 11) is 0. The lowest BCUT2D eigenvalue weighted by molar-refractivity contribution is 0.669. The number of furan rings is 2. The van der Waals surface area contributed by atoms with Gasteiger partial charge in [-0.05, 0) is 76.9 Å². The van der Waals surface area contributed by atoms with E-state index in [0.29, 0.717) is 17.7 Å². The average Bonchev–Trinajstić information content (AvgIpc) is 4.21. The van der Waals surface area contributed by atoms with Gasteiger partial charge in [0.05, 0.1) is 22.1 Å². The molecule has 10 aromatic carbocycles. The van der Waals surface area contributed by atoms with Gasteiger partial charge in [-0.3, -0.25) is 9.13 Å². The average molecular weight is 926 g/mol. The summed E-state index contributed by atoms with van der Waals surface area (Å²) >= 11 is 0. The number of aromatic nitrogens is 5. The fraction of sp³-hybridized carbons (Fsp3) is 0.0308. The van der Waals surface area contributed by atoms with Crippen LogP contribution in [0.15, 0.2) is 233 Å². The molecule has 0 aliphatic carbocycles. The Morgan fingerprint density at radius 1 is 0.306 bits per heavy atom. The van der Waals surface area contributed by atoms with E-state index in [1.807, 2.05) is 44.2 Å². The standard InChI is InChI=1S/C63H37N5O2.C2H6/c1-6-28-53-45(19-1)46-20-2-7-29-54(46)67(53)62-64-61(42-33-34-50-48-22-4-9-31-56(48)69-58(50)37-42)65-63(66-62)68-55-30-8-3-21-47(55)51-26-13-24-43(59(51)68)40-17-11-15-38(35-40)39-16-12-18-41(36-39)44-25-14-27-52-49-23-5-10-32-57(49)70-60(44)52;1-2/h1-37H;1-2H3. The molecule has 0 bridgehead atoms. The van der Waals surface area contributed by atoms with E-state index in [1.165, 1.54) is 0 Å². The van der Waals surface area contributed by atoms with Gasteiger partial charge in [-0.2, -0.15) is 15.0 Å². The fourth-order valence-corrected chi connectivity index (χ4v) is 10.9. The summed E-state index contributed by atoms with van der Waals surface area (Å²) in [6.07, 6.45) is 0. The van der Waals surface area contributed by atoms with Crippen molar-refractivity contribution in [2.75, 3.05) is 0 Å². The molecule has 0 spiro atoms. The molecule has 0 atom stereocenters. The molecule has 0 saturated heterocycles. The van der Waals surface area contributed by atoms with E-state index >= 15 is 0 Å². The molecule has 0 N–H and O–H groups in total. The first-order valence-corrected chi connectivity index (χ1v) is 24.5. The van der Waals surface area contributed by atoms with Crippen molar-refractivity contribution < 1.29 is 8.83 Å². The Labute approximate surface area is 413 Å². The molecule has 7 nitrogen and oxygen atoms in total. The van der Waals surface area contributed by atoms with Crippen LogP contribution in [-0.4, -0.2) is 24.1 Å². The Balaban J connectivity index is 0.00000238. The third-order valence-corrected chi connectivity index (χ3v) is 14.0. The van der Waals surface area contributed by atoms with E-state index < -0.39 is 0 Å². The molecule has 0 unspecified atom stereocenters. The molecule has 0 aliphatic heterocycles. The monoisotopic (exact) mass is 925 g/mol. The summed E-state index contributed by atoms with van der Waals surface area (Å²) in [6, 6.07) is 78.7. The second-order valence-electron chi connectivity index (χ2n) is 17.9. The summed E-state index contributed by atoms with van der Waals surface area (Å²) in [5, 5.41) is 8.81. The van der Waals surface area contributed by atoms with E-state index in [2.05, 4.69) is 203 Å². The Kier molecular flexibility index (Phi) is 9.51. The van der Waals surface area contributed by atoms with Gasteiger partial charge in [0.15, 0.2) is 5.82 Å². The van der Waals surface area contributed by atoms with Crippen LogP contribution in [0.3, 0.4) is 0 Å². The van der Waals surface area contributed by atoms with Crippen molar-refractivity contribution >= 4 is 87.5 Å². The molecular formula is C65H43N5O2. The summed E-state index contributed by atoms with van der Waals surface area (Å²) in [5.41, 5.74) is 14.7. The zero-order valence-corrected chi connectivity index (χ0v) is 39.4. The minimum absolute atomic E-state index is 0.508. The number of nitrogens with zero attached hydrogens (tertiary/aromatic N) is 5. The van der Waals surface area contributed by atoms with Gasteiger partial charge in [0.25, 0.3) is 0 Å². The topological polar surface area (TPSA) is 74.8 Å². The summed E-state index contributed by atoms with van der Waals surface area (Å²) in [5.74, 6) is 1.56. The molecule has 15 aromatic rings. The predicted octanol–water partition coefficient (Wildman–Crippen LogP) is 17.6. The number of para-hydroxylation sites is 7. The second-order valence-corrected chi connectivity index (χ2v) is 17.9. The van der Waals surface area contributed by atoms with Crippen LogP contribution in [0, 0.1) is 0 Å². The van der Waals surface area contributed by atoms with Crippen LogP contribution in [0.2, 0.25) is 0 Å². The van der Waals surface area contributed by atoms with Crippen LogP contribution >= 0.6 is 0 Å². The van der Waals surface area contributed by atoms with Crippen molar-refractivity contribution in [1.82, 2.24) is 24.1 Å². The van der Waals surface area contributed by atoms with Gasteiger partial charge in [0.2, 0.25) is 11.9 Å². The Morgan fingerprint density at radius 2 is 0.764 bits per heavy atom. The molecule has 0 saturated carbocycles. The molecule has 0 radical (unpaired) electrons. The smallest absolute Gasteiger partial charge is 0.240 e. The first-order valence-electron chi connectivity index (χ1n) is 24.5. The molecular weight excluding hydrogens is 883 g/mol. The van der Waals surface area contributed by atoms with Gasteiger partial charge in [-0.25, -0.2) is 0 Å². The first kappa shape index (κ1) is 41.4. The highest BCUT2D eigenvalue weighted by Gasteiger charge is 2.23. The Morgan fingerprint density at radius 3 is 1.43 bits per heavy atom. The van der Waals surface area contributed by atoms with E-state index in [9.17, 15) is 0 Å². The lowest BCUT2D eigenvalue weighted by Crippen LogP contribution is -2.10. The molecule has 5 aromatic heterocycles. The Hall–Kier alpha value is -9.59. The lowest BCUT2D eigenvalue weighted by atomic mass is 9.95. The summed E-state index contributed by atoms with van der Waals surface area (Å²) < 4.78 is 17.3. The first-order chi connectivity index (χ1) is 35.7. The van der Waals surface area contributed by atoms with Crippen molar-refractivity contribution in [2.24, 2.45) is 0 Å². The maximum Gasteiger partial charge on any atom is 0.240 e. The number of hydrogen-bond acceptors (Lipinski definition) is 5. The van der Waals surface area contributed by atoms with Crippen molar-refractivity contribution in [3.05, 3.63) is 224 Å². The zero-order valence-electron chi connectivity index (χ0n) is 39.4. The number of benzene rings is 10. The van der Waals surface area contributed by atoms with Crippen molar-refractivity contribution in [1.29, 1.82) is 0 Å². The molecule has 340 valence electrons. The summed E-state index contributed by atoms with van der Waals surface area (Å²) in [4.78, 5) is 16.3.